The van der Waals surface area contributed by atoms with Gasteiger partial charge in [0.25, 0.3) is 0 Å². The van der Waals surface area contributed by atoms with Crippen LogP contribution in [0.4, 0.5) is 17.6 Å². The van der Waals surface area contributed by atoms with Gasteiger partial charge in [-0.1, -0.05) is 0 Å². The Morgan fingerprint density at radius 1 is 1.12 bits per heavy atom. The van der Waals surface area contributed by atoms with Crippen molar-refractivity contribution in [2.75, 3.05) is 13.1 Å². The van der Waals surface area contributed by atoms with Crippen LogP contribution in [-0.2, 0) is 16.2 Å². The average molecular weight is 389 g/mol. The molecule has 0 aromatic heterocycles. The molecule has 10 heteroatoms. The van der Waals surface area contributed by atoms with E-state index in [0.29, 0.717) is 18.6 Å². The number of alkyl halides is 3. The van der Waals surface area contributed by atoms with Crippen LogP contribution in [0.5, 0.6) is 0 Å². The van der Waals surface area contributed by atoms with Gasteiger partial charge in [-0.3, -0.25) is 0 Å². The molecule has 2 unspecified atom stereocenters. The van der Waals surface area contributed by atoms with Crippen LogP contribution in [0.1, 0.15) is 24.8 Å². The third kappa shape index (κ3) is 3.68. The second-order valence-corrected chi connectivity index (χ2v) is 7.87. The van der Waals surface area contributed by atoms with Crippen LogP contribution < -0.4 is 5.32 Å². The normalized spacial score (nSPS) is 25.2. The lowest BCUT2D eigenvalue weighted by Gasteiger charge is -2.24. The first kappa shape index (κ1) is 19.4. The number of sulfonamides is 1. The van der Waals surface area contributed by atoms with Crippen LogP contribution in [-0.4, -0.2) is 37.9 Å². The molecular formula is C14H17ClF4N2O2S. The molecule has 3 rings (SSSR count). The van der Waals surface area contributed by atoms with E-state index in [1.807, 2.05) is 0 Å². The molecule has 0 aliphatic carbocycles. The Kier molecular flexibility index (Phi) is 5.49. The van der Waals surface area contributed by atoms with Crippen molar-refractivity contribution in [3.05, 3.63) is 29.6 Å². The smallest absolute Gasteiger partial charge is 0.310 e. The molecule has 0 amide bonds. The fourth-order valence-electron chi connectivity index (χ4n) is 3.16. The van der Waals surface area contributed by atoms with Crippen LogP contribution in [0, 0.1) is 5.82 Å². The average Bonchev–Trinajstić information content (AvgIpc) is 2.76. The van der Waals surface area contributed by atoms with Crippen LogP contribution in [0.25, 0.3) is 0 Å². The molecule has 0 radical (unpaired) electrons. The number of fused-ring (bicyclic) bond motifs is 2. The molecule has 2 heterocycles. The van der Waals surface area contributed by atoms with Gasteiger partial charge in [0, 0.05) is 25.2 Å². The molecule has 2 aliphatic heterocycles. The topological polar surface area (TPSA) is 49.4 Å². The molecule has 0 saturated carbocycles. The van der Waals surface area contributed by atoms with Gasteiger partial charge in [0.15, 0.2) is 0 Å². The Balaban J connectivity index is 0.00000208. The summed E-state index contributed by atoms with van der Waals surface area (Å²) in [7, 11) is -4.08. The lowest BCUT2D eigenvalue weighted by atomic mass is 10.1. The van der Waals surface area contributed by atoms with Crippen molar-refractivity contribution >= 4 is 22.4 Å². The first-order chi connectivity index (χ1) is 10.7. The second-order valence-electron chi connectivity index (χ2n) is 5.93. The molecule has 2 bridgehead atoms. The van der Waals surface area contributed by atoms with Gasteiger partial charge < -0.3 is 5.32 Å². The minimum Gasteiger partial charge on any atom is -0.310 e. The van der Waals surface area contributed by atoms with E-state index in [0.717, 1.165) is 18.9 Å². The summed E-state index contributed by atoms with van der Waals surface area (Å²) in [6.45, 7) is 0.465. The molecule has 4 nitrogen and oxygen atoms in total. The quantitative estimate of drug-likeness (QED) is 0.793. The summed E-state index contributed by atoms with van der Waals surface area (Å²) in [4.78, 5) is -0.524. The molecule has 1 N–H and O–H groups in total. The standard InChI is InChI=1S/C14H16F4N2O2S.ClH/c15-13-4-3-11(7-12(13)14(16,17)18)23(21,22)20-6-5-9-1-2-10(8-20)19-9;/h3-4,7,9-10,19H,1-2,5-6,8H2;1H. The molecule has 136 valence electrons. The van der Waals surface area contributed by atoms with E-state index in [-0.39, 0.29) is 37.6 Å². The Labute approximate surface area is 143 Å². The summed E-state index contributed by atoms with van der Waals surface area (Å²) in [6, 6.07) is 2.08. The molecule has 2 atom stereocenters. The van der Waals surface area contributed by atoms with Crippen molar-refractivity contribution in [3.8, 4) is 0 Å². The largest absolute Gasteiger partial charge is 0.419 e. The Bertz CT molecular complexity index is 711. The Morgan fingerprint density at radius 3 is 2.46 bits per heavy atom. The lowest BCUT2D eigenvalue weighted by Crippen LogP contribution is -2.39. The first-order valence-electron chi connectivity index (χ1n) is 7.31. The highest BCUT2D eigenvalue weighted by molar-refractivity contribution is 7.89. The van der Waals surface area contributed by atoms with Crippen LogP contribution in [0.2, 0.25) is 0 Å². The molecule has 1 aromatic rings. The number of halogens is 5. The van der Waals surface area contributed by atoms with E-state index < -0.39 is 32.5 Å². The highest BCUT2D eigenvalue weighted by atomic mass is 35.5. The number of hydrogen-bond acceptors (Lipinski definition) is 3. The number of rotatable bonds is 2. The predicted octanol–water partition coefficient (Wildman–Crippen LogP) is 2.78. The summed E-state index contributed by atoms with van der Waals surface area (Å²) in [5, 5.41) is 3.30. The zero-order chi connectivity index (χ0) is 16.8. The van der Waals surface area contributed by atoms with Gasteiger partial charge in [-0.15, -0.1) is 12.4 Å². The Hall–Kier alpha value is -0.900. The fourth-order valence-corrected chi connectivity index (χ4v) is 4.69. The first-order valence-corrected chi connectivity index (χ1v) is 8.75. The highest BCUT2D eigenvalue weighted by Crippen LogP contribution is 2.34. The van der Waals surface area contributed by atoms with E-state index in [2.05, 4.69) is 5.32 Å². The molecule has 1 aromatic carbocycles. The maximum atomic E-state index is 13.3. The SMILES string of the molecule is Cl.O=S(=O)(c1ccc(F)c(C(F)(F)F)c1)N1CCC2CCC(C1)N2. The lowest BCUT2D eigenvalue weighted by molar-refractivity contribution is -0.140. The summed E-state index contributed by atoms with van der Waals surface area (Å²) in [6.07, 6.45) is -2.50. The molecular weight excluding hydrogens is 372 g/mol. The van der Waals surface area contributed by atoms with Gasteiger partial charge in [0.05, 0.1) is 10.5 Å². The maximum Gasteiger partial charge on any atom is 0.419 e. The molecule has 0 spiro atoms. The van der Waals surface area contributed by atoms with Gasteiger partial charge in [-0.2, -0.15) is 17.5 Å². The van der Waals surface area contributed by atoms with Gasteiger partial charge in [-0.05, 0) is 37.5 Å². The zero-order valence-corrected chi connectivity index (χ0v) is 14.1. The highest BCUT2D eigenvalue weighted by Gasteiger charge is 2.38. The van der Waals surface area contributed by atoms with Crippen LogP contribution in [0.15, 0.2) is 23.1 Å². The van der Waals surface area contributed by atoms with E-state index in [9.17, 15) is 26.0 Å². The molecule has 2 fully saturated rings. The van der Waals surface area contributed by atoms with Gasteiger partial charge in [-0.25, -0.2) is 12.8 Å². The summed E-state index contributed by atoms with van der Waals surface area (Å²) in [5.41, 5.74) is -1.56. The van der Waals surface area contributed by atoms with Crippen molar-refractivity contribution < 1.29 is 26.0 Å². The Morgan fingerprint density at radius 2 is 1.79 bits per heavy atom. The summed E-state index contributed by atoms with van der Waals surface area (Å²) in [5.74, 6) is -1.48. The third-order valence-electron chi connectivity index (χ3n) is 4.37. The number of hydrogen-bond donors (Lipinski definition) is 1. The predicted molar refractivity (Wildman–Crippen MR) is 82.0 cm³/mol. The van der Waals surface area contributed by atoms with E-state index >= 15 is 0 Å². The zero-order valence-electron chi connectivity index (χ0n) is 12.5. The van der Waals surface area contributed by atoms with E-state index in [4.69, 9.17) is 0 Å². The van der Waals surface area contributed by atoms with Crippen molar-refractivity contribution in [2.45, 2.75) is 42.4 Å². The molecule has 2 aliphatic rings. The van der Waals surface area contributed by atoms with Crippen LogP contribution in [0.3, 0.4) is 0 Å². The number of nitrogens with zero attached hydrogens (tertiary/aromatic N) is 1. The van der Waals surface area contributed by atoms with Crippen molar-refractivity contribution in [1.29, 1.82) is 0 Å². The van der Waals surface area contributed by atoms with Crippen molar-refractivity contribution in [2.24, 2.45) is 0 Å². The van der Waals surface area contributed by atoms with Crippen LogP contribution >= 0.6 is 12.4 Å². The van der Waals surface area contributed by atoms with Gasteiger partial charge in [0.2, 0.25) is 10.0 Å². The monoisotopic (exact) mass is 388 g/mol. The summed E-state index contributed by atoms with van der Waals surface area (Å²) < 4.78 is 78.1. The number of benzene rings is 1. The molecule has 2 saturated heterocycles. The maximum absolute atomic E-state index is 13.3. The number of nitrogens with one attached hydrogen (secondary N) is 1. The fraction of sp³-hybridized carbons (Fsp3) is 0.571. The van der Waals surface area contributed by atoms with Gasteiger partial charge >= 0.3 is 6.18 Å². The third-order valence-corrected chi connectivity index (χ3v) is 6.23. The van der Waals surface area contributed by atoms with Crippen molar-refractivity contribution in [1.82, 2.24) is 9.62 Å². The van der Waals surface area contributed by atoms with E-state index in [1.54, 1.807) is 0 Å². The van der Waals surface area contributed by atoms with Gasteiger partial charge in [0.1, 0.15) is 5.82 Å². The summed E-state index contributed by atoms with van der Waals surface area (Å²) >= 11 is 0. The minimum absolute atomic E-state index is 0. The minimum atomic E-state index is -4.94. The van der Waals surface area contributed by atoms with E-state index in [1.165, 1.54) is 4.31 Å². The second kappa shape index (κ2) is 6.78. The molecule has 24 heavy (non-hydrogen) atoms. The van der Waals surface area contributed by atoms with Crippen molar-refractivity contribution in [3.63, 3.8) is 0 Å².